The summed E-state index contributed by atoms with van der Waals surface area (Å²) in [7, 11) is 1.17. The van der Waals surface area contributed by atoms with E-state index in [4.69, 9.17) is 25.0 Å². The van der Waals surface area contributed by atoms with E-state index in [1.807, 2.05) is 32.9 Å². The normalized spacial score (nSPS) is 24.6. The second kappa shape index (κ2) is 12.7. The topological polar surface area (TPSA) is 181 Å². The average molecular weight is 649 g/mol. The van der Waals surface area contributed by atoms with Crippen LogP contribution in [0.2, 0.25) is 0 Å². The number of carboxylic acids is 1. The van der Waals surface area contributed by atoms with Gasteiger partial charge in [0.1, 0.15) is 5.92 Å². The van der Waals surface area contributed by atoms with Crippen molar-refractivity contribution in [3.8, 4) is 0 Å². The van der Waals surface area contributed by atoms with Gasteiger partial charge in [0.2, 0.25) is 5.79 Å². The first-order valence-electron chi connectivity index (χ1n) is 15.2. The number of allylic oxidation sites excluding steroid dienone is 2. The molecule has 3 aromatic rings. The van der Waals surface area contributed by atoms with Gasteiger partial charge in [0, 0.05) is 13.0 Å². The number of methoxy groups -OCH3 is 1. The van der Waals surface area contributed by atoms with Crippen LogP contribution in [-0.2, 0) is 26.5 Å². The van der Waals surface area contributed by atoms with E-state index in [1.54, 1.807) is 19.1 Å². The van der Waals surface area contributed by atoms with Crippen LogP contribution in [0.4, 0.5) is 0 Å². The van der Waals surface area contributed by atoms with Crippen molar-refractivity contribution in [1.82, 2.24) is 15.0 Å². The largest absolute Gasteiger partial charge is 2.00 e. The standard InChI is InChI=1S/C35H36N4O7.Mg/c1-7-19-15(2)22-12-24-17(4)21(8-9-28(41)42)32(38-24)29-31(34(43)46-6)35(44,45)30-18(5)25(39-33(29)30)14-27-20(10-11-40)16(3)23(37-27)13-26(19)36-22;/h7,12-14,17,21,31,40,44-45H,1,8-11H2,2-6H3,(H,41,42);/q-4;+2/b23-13-,24-12-,27-14-,32-29-;/t17-,21-,31-;/m0./s1. The molecule has 242 valence electrons. The number of rotatable bonds is 7. The monoisotopic (exact) mass is 648 g/mol. The smallest absolute Gasteiger partial charge is 0.664 e. The Balaban J connectivity index is 0.00000433. The first kappa shape index (κ1) is 34.5. The molecule has 3 atom stereocenters. The van der Waals surface area contributed by atoms with Gasteiger partial charge in [0.05, 0.1) is 7.11 Å². The van der Waals surface area contributed by atoms with Gasteiger partial charge in [-0.2, -0.15) is 11.4 Å². The van der Waals surface area contributed by atoms with Crippen LogP contribution in [0.3, 0.4) is 0 Å². The molecule has 0 aromatic carbocycles. The van der Waals surface area contributed by atoms with Crippen molar-refractivity contribution in [3.63, 3.8) is 0 Å². The molecular formula is C35H36MgN4O7-2. The summed E-state index contributed by atoms with van der Waals surface area (Å²) in [6, 6.07) is 0. The van der Waals surface area contributed by atoms with Crippen molar-refractivity contribution >= 4 is 64.9 Å². The van der Waals surface area contributed by atoms with Crippen molar-refractivity contribution in [1.29, 1.82) is 0 Å². The second-order valence-electron chi connectivity index (χ2n) is 12.2. The molecule has 12 heteroatoms. The summed E-state index contributed by atoms with van der Waals surface area (Å²) >= 11 is 0. The third-order valence-corrected chi connectivity index (χ3v) is 9.68. The van der Waals surface area contributed by atoms with Crippen molar-refractivity contribution in [2.75, 3.05) is 13.7 Å². The number of carbonyl (C=O) groups is 2. The first-order valence-corrected chi connectivity index (χ1v) is 15.2. The van der Waals surface area contributed by atoms with Crippen LogP contribution >= 0.6 is 0 Å². The Hall–Kier alpha value is -3.81. The summed E-state index contributed by atoms with van der Waals surface area (Å²) in [6.45, 7) is 11.4. The van der Waals surface area contributed by atoms with Crippen LogP contribution in [0, 0.1) is 38.5 Å². The zero-order valence-electron chi connectivity index (χ0n) is 27.1. The van der Waals surface area contributed by atoms with Crippen molar-refractivity contribution < 1.29 is 34.8 Å². The van der Waals surface area contributed by atoms with E-state index in [-0.39, 0.29) is 65.2 Å². The van der Waals surface area contributed by atoms with Crippen molar-refractivity contribution in [2.45, 2.75) is 52.7 Å². The summed E-state index contributed by atoms with van der Waals surface area (Å²) < 4.78 is 5.07. The number of carboxylic acid groups (broad SMARTS) is 1. The Bertz CT molecular complexity index is 1990. The third-order valence-electron chi connectivity index (χ3n) is 9.68. The number of aliphatic hydroxyl groups excluding tert-OH is 1. The molecule has 3 aliphatic rings. The van der Waals surface area contributed by atoms with E-state index in [0.29, 0.717) is 51.2 Å². The number of aromatic nitrogens is 3. The number of hydrogen-bond acceptors (Lipinski definition) is 6. The van der Waals surface area contributed by atoms with Gasteiger partial charge in [0.15, 0.2) is 0 Å². The molecule has 5 heterocycles. The molecule has 1 aliphatic carbocycles. The molecule has 0 radical (unpaired) electrons. The fourth-order valence-corrected chi connectivity index (χ4v) is 7.19. The van der Waals surface area contributed by atoms with Gasteiger partial charge in [-0.1, -0.05) is 65.6 Å². The van der Waals surface area contributed by atoms with E-state index in [0.717, 1.165) is 22.3 Å². The molecule has 47 heavy (non-hydrogen) atoms. The predicted octanol–water partition coefficient (Wildman–Crippen LogP) is 1.45. The molecule has 2 aliphatic heterocycles. The number of aliphatic hydroxyl groups is 3. The summed E-state index contributed by atoms with van der Waals surface area (Å²) in [6.07, 6.45) is 7.58. The fraction of sp³-hybridized carbons (Fsp3) is 0.371. The van der Waals surface area contributed by atoms with E-state index in [9.17, 15) is 30.0 Å². The molecule has 6 rings (SSSR count). The predicted molar refractivity (Wildman–Crippen MR) is 176 cm³/mol. The molecular weight excluding hydrogens is 613 g/mol. The minimum absolute atomic E-state index is 0. The second-order valence-corrected chi connectivity index (χ2v) is 12.2. The number of ether oxygens (including phenoxy) is 1. The number of carbonyl (C=O) groups excluding carboxylic acids is 1. The molecule has 0 spiro atoms. The van der Waals surface area contributed by atoms with E-state index < -0.39 is 29.6 Å². The van der Waals surface area contributed by atoms with Gasteiger partial charge in [0.25, 0.3) is 0 Å². The number of nitrogens with zero attached hydrogens (tertiary/aromatic N) is 4. The molecule has 0 unspecified atom stereocenters. The van der Waals surface area contributed by atoms with Crippen LogP contribution in [-0.4, -0.2) is 69.1 Å². The van der Waals surface area contributed by atoms with Gasteiger partial charge in [-0.15, -0.1) is 33.5 Å². The average Bonchev–Trinajstić information content (AvgIpc) is 3.73. The summed E-state index contributed by atoms with van der Waals surface area (Å²) in [5.41, 5.74) is 6.97. The number of aliphatic carboxylic acids is 1. The maximum absolute atomic E-state index is 13.3. The number of hydrogen-bond donors (Lipinski definition) is 4. The Morgan fingerprint density at radius 1 is 1.00 bits per heavy atom. The minimum Gasteiger partial charge on any atom is -0.664 e. The third kappa shape index (κ3) is 5.41. The van der Waals surface area contributed by atoms with Crippen LogP contribution in [0.15, 0.2) is 18.0 Å². The van der Waals surface area contributed by atoms with E-state index in [1.165, 1.54) is 7.11 Å². The molecule has 1 fully saturated rings. The summed E-state index contributed by atoms with van der Waals surface area (Å²) in [5, 5.41) is 49.1. The molecule has 8 bridgehead atoms. The minimum atomic E-state index is -2.68. The van der Waals surface area contributed by atoms with Gasteiger partial charge in [-0.25, -0.2) is 0 Å². The zero-order chi connectivity index (χ0) is 33.2. The van der Waals surface area contributed by atoms with Crippen molar-refractivity contribution in [3.05, 3.63) is 90.1 Å². The van der Waals surface area contributed by atoms with Crippen LogP contribution < -0.4 is 25.7 Å². The molecule has 3 aromatic heterocycles. The maximum atomic E-state index is 13.3. The fourth-order valence-electron chi connectivity index (χ4n) is 7.19. The Morgan fingerprint density at radius 3 is 2.32 bits per heavy atom. The summed E-state index contributed by atoms with van der Waals surface area (Å²) in [5.74, 6) is -6.89. The number of esters is 1. The molecule has 1 saturated heterocycles. The molecule has 0 amide bonds. The molecule has 11 nitrogen and oxygen atoms in total. The maximum Gasteiger partial charge on any atom is 2.00 e. The molecule has 0 saturated carbocycles. The van der Waals surface area contributed by atoms with Gasteiger partial charge >= 0.3 is 35.0 Å². The Labute approximate surface area is 288 Å². The quantitative estimate of drug-likeness (QED) is 0.166. The van der Waals surface area contributed by atoms with E-state index in [2.05, 4.69) is 6.58 Å². The van der Waals surface area contributed by atoms with Crippen LogP contribution in [0.5, 0.6) is 0 Å². The van der Waals surface area contributed by atoms with Crippen molar-refractivity contribution in [2.24, 2.45) is 17.8 Å². The van der Waals surface area contributed by atoms with Gasteiger partial charge in [-0.05, 0) is 56.6 Å². The first-order chi connectivity index (χ1) is 21.8. The van der Waals surface area contributed by atoms with Gasteiger partial charge in [-0.3, -0.25) is 9.59 Å². The Morgan fingerprint density at radius 2 is 1.68 bits per heavy atom. The van der Waals surface area contributed by atoms with Crippen LogP contribution in [0.25, 0.3) is 35.2 Å². The number of fused-ring (bicyclic) bond motifs is 7. The van der Waals surface area contributed by atoms with E-state index >= 15 is 0 Å². The zero-order valence-corrected chi connectivity index (χ0v) is 28.5. The van der Waals surface area contributed by atoms with Crippen LogP contribution in [0.1, 0.15) is 75.9 Å². The molecule has 4 N–H and O–H groups in total. The van der Waals surface area contributed by atoms with Gasteiger partial charge < -0.3 is 45.4 Å². The summed E-state index contributed by atoms with van der Waals surface area (Å²) in [4.78, 5) is 39.7. The Kier molecular flexibility index (Phi) is 9.30. The SMILES string of the molecule is C=Cc1c2[n-]c(c1C)/C=C1\[N-]/C(=C3\c4[n-]c(c(C)c4C(O)(O)[C@@H]3C(=O)OC)/C=c3\[n-]/c(c(C)c3CCO)=C\2)[C@@H](CCC(=O)O)[C@@H]1C.[Mg+2].